The van der Waals surface area contributed by atoms with E-state index < -0.39 is 0 Å². The maximum absolute atomic E-state index is 5.70. The lowest BCUT2D eigenvalue weighted by Gasteiger charge is -1.99. The zero-order chi connectivity index (χ0) is 9.26. The van der Waals surface area contributed by atoms with Crippen molar-refractivity contribution in [2.45, 2.75) is 31.2 Å². The summed E-state index contributed by atoms with van der Waals surface area (Å²) in [4.78, 5) is 0. The molecule has 2 N–H and O–H groups in total. The van der Waals surface area contributed by atoms with E-state index in [1.54, 1.807) is 0 Å². The van der Waals surface area contributed by atoms with E-state index in [4.69, 9.17) is 16.6 Å². The van der Waals surface area contributed by atoms with Gasteiger partial charge < -0.3 is 10.2 Å². The molecule has 0 spiro atoms. The van der Waals surface area contributed by atoms with Gasteiger partial charge in [0.15, 0.2) is 0 Å². The Morgan fingerprint density at radius 3 is 3.00 bits per heavy atom. The molecule has 68 valence electrons. The number of hydrogen-bond donors (Lipinski definition) is 1. The summed E-state index contributed by atoms with van der Waals surface area (Å²) in [7, 11) is 0. The largest absolute Gasteiger partial charge is 0.423 e. The highest BCUT2D eigenvalue weighted by Gasteiger charge is 2.29. The van der Waals surface area contributed by atoms with E-state index >= 15 is 0 Å². The monoisotopic (exact) mass is 177 g/mol. The molecule has 1 aromatic rings. The zero-order valence-electron chi connectivity index (χ0n) is 7.23. The molecule has 13 heavy (non-hydrogen) atoms. The van der Waals surface area contributed by atoms with Crippen molar-refractivity contribution < 1.29 is 4.42 Å². The molecule has 0 bridgehead atoms. The minimum absolute atomic E-state index is 0.315. The molecule has 0 aliphatic heterocycles. The quantitative estimate of drug-likeness (QED) is 0.699. The lowest BCUT2D eigenvalue weighted by molar-refractivity contribution is 0.420. The first kappa shape index (κ1) is 8.27. The van der Waals surface area contributed by atoms with Crippen molar-refractivity contribution in [1.29, 1.82) is 0 Å². The van der Waals surface area contributed by atoms with Crippen LogP contribution in [-0.2, 0) is 0 Å². The van der Waals surface area contributed by atoms with Crippen molar-refractivity contribution in [1.82, 2.24) is 10.2 Å². The SMILES string of the molecule is C#CC[C@H](N)c1nnc(C2CC2)o1. The second kappa shape index (κ2) is 3.19. The Labute approximate surface area is 76.5 Å². The van der Waals surface area contributed by atoms with Crippen LogP contribution in [0.3, 0.4) is 0 Å². The fourth-order valence-electron chi connectivity index (χ4n) is 1.11. The molecule has 4 nitrogen and oxygen atoms in total. The van der Waals surface area contributed by atoms with Gasteiger partial charge in [0.2, 0.25) is 11.8 Å². The summed E-state index contributed by atoms with van der Waals surface area (Å²) in [5, 5.41) is 7.78. The molecular formula is C9H11N3O. The minimum atomic E-state index is -0.315. The van der Waals surface area contributed by atoms with E-state index in [0.29, 0.717) is 24.1 Å². The van der Waals surface area contributed by atoms with Gasteiger partial charge in [0.1, 0.15) is 0 Å². The van der Waals surface area contributed by atoms with Gasteiger partial charge in [-0.3, -0.25) is 0 Å². The molecule has 0 radical (unpaired) electrons. The van der Waals surface area contributed by atoms with E-state index in [2.05, 4.69) is 16.1 Å². The van der Waals surface area contributed by atoms with Crippen molar-refractivity contribution in [2.75, 3.05) is 0 Å². The Bertz CT molecular complexity index is 335. The van der Waals surface area contributed by atoms with E-state index in [9.17, 15) is 0 Å². The molecule has 0 amide bonds. The second-order valence-electron chi connectivity index (χ2n) is 3.27. The Kier molecular flexibility index (Phi) is 2.03. The maximum atomic E-state index is 5.70. The third kappa shape index (κ3) is 1.70. The summed E-state index contributed by atoms with van der Waals surface area (Å²) < 4.78 is 5.38. The van der Waals surface area contributed by atoms with Crippen LogP contribution < -0.4 is 5.73 Å². The van der Waals surface area contributed by atoms with Crippen LogP contribution in [0.15, 0.2) is 4.42 Å². The summed E-state index contributed by atoms with van der Waals surface area (Å²) in [5.41, 5.74) is 5.70. The van der Waals surface area contributed by atoms with Crippen molar-refractivity contribution in [3.63, 3.8) is 0 Å². The van der Waals surface area contributed by atoms with Gasteiger partial charge in [-0.2, -0.15) is 0 Å². The minimum Gasteiger partial charge on any atom is -0.423 e. The predicted octanol–water partition coefficient (Wildman–Crippen LogP) is 0.970. The molecule has 1 aliphatic rings. The van der Waals surface area contributed by atoms with Gasteiger partial charge in [-0.05, 0) is 12.8 Å². The smallest absolute Gasteiger partial charge is 0.234 e. The number of rotatable bonds is 3. The van der Waals surface area contributed by atoms with Crippen LogP contribution in [0, 0.1) is 12.3 Å². The zero-order valence-corrected chi connectivity index (χ0v) is 7.23. The van der Waals surface area contributed by atoms with Crippen LogP contribution in [0.2, 0.25) is 0 Å². The third-order valence-electron chi connectivity index (χ3n) is 2.04. The molecule has 1 heterocycles. The van der Waals surface area contributed by atoms with Crippen LogP contribution in [0.5, 0.6) is 0 Å². The Balaban J connectivity index is 2.08. The molecule has 0 unspecified atom stereocenters. The van der Waals surface area contributed by atoms with Gasteiger partial charge >= 0.3 is 0 Å². The van der Waals surface area contributed by atoms with Crippen LogP contribution >= 0.6 is 0 Å². The van der Waals surface area contributed by atoms with Gasteiger partial charge in [0, 0.05) is 12.3 Å². The molecule has 1 saturated carbocycles. The number of nitrogens with two attached hydrogens (primary N) is 1. The number of hydrogen-bond acceptors (Lipinski definition) is 4. The molecule has 0 aromatic carbocycles. The van der Waals surface area contributed by atoms with Gasteiger partial charge in [-0.15, -0.1) is 22.5 Å². The summed E-state index contributed by atoms with van der Waals surface area (Å²) in [6, 6.07) is -0.315. The molecule has 2 rings (SSSR count). The second-order valence-corrected chi connectivity index (χ2v) is 3.27. The van der Waals surface area contributed by atoms with Gasteiger partial charge in [0.25, 0.3) is 0 Å². The van der Waals surface area contributed by atoms with E-state index in [1.165, 1.54) is 0 Å². The fraction of sp³-hybridized carbons (Fsp3) is 0.556. The topological polar surface area (TPSA) is 64.9 Å². The highest BCUT2D eigenvalue weighted by atomic mass is 16.4. The third-order valence-corrected chi connectivity index (χ3v) is 2.04. The van der Waals surface area contributed by atoms with Crippen LogP contribution in [0.1, 0.15) is 43.0 Å². The summed E-state index contributed by atoms with van der Waals surface area (Å²) in [5.74, 6) is 4.11. The van der Waals surface area contributed by atoms with Crippen molar-refractivity contribution in [3.05, 3.63) is 11.8 Å². The highest BCUT2D eigenvalue weighted by molar-refractivity contribution is 5.03. The van der Waals surface area contributed by atoms with Gasteiger partial charge in [-0.1, -0.05) is 0 Å². The summed E-state index contributed by atoms with van der Waals surface area (Å²) >= 11 is 0. The molecule has 1 aromatic heterocycles. The summed E-state index contributed by atoms with van der Waals surface area (Å²) in [6.45, 7) is 0. The van der Waals surface area contributed by atoms with Gasteiger partial charge in [0.05, 0.1) is 6.04 Å². The molecule has 1 aliphatic carbocycles. The van der Waals surface area contributed by atoms with Crippen LogP contribution in [0.25, 0.3) is 0 Å². The first-order valence-electron chi connectivity index (χ1n) is 4.33. The van der Waals surface area contributed by atoms with E-state index in [1.807, 2.05) is 0 Å². The van der Waals surface area contributed by atoms with Crippen molar-refractivity contribution in [2.24, 2.45) is 5.73 Å². The number of terminal acetylenes is 1. The molecule has 1 fully saturated rings. The van der Waals surface area contributed by atoms with Gasteiger partial charge in [-0.25, -0.2) is 0 Å². The average molecular weight is 177 g/mol. The molecule has 1 atom stereocenters. The maximum Gasteiger partial charge on any atom is 0.234 e. The van der Waals surface area contributed by atoms with Crippen molar-refractivity contribution in [3.8, 4) is 12.3 Å². The standard InChI is InChI=1S/C9H11N3O/c1-2-3-7(10)9-12-11-8(13-9)6-4-5-6/h1,6-7H,3-5,10H2/t7-/m0/s1. The molecule has 0 saturated heterocycles. The first-order valence-corrected chi connectivity index (χ1v) is 4.33. The Morgan fingerprint density at radius 2 is 2.38 bits per heavy atom. The van der Waals surface area contributed by atoms with Crippen LogP contribution in [-0.4, -0.2) is 10.2 Å². The molecular weight excluding hydrogens is 166 g/mol. The first-order chi connectivity index (χ1) is 6.31. The Hall–Kier alpha value is -1.34. The summed E-state index contributed by atoms with van der Waals surface area (Å²) in [6.07, 6.45) is 7.85. The number of aromatic nitrogens is 2. The highest BCUT2D eigenvalue weighted by Crippen LogP contribution is 2.39. The fourth-order valence-corrected chi connectivity index (χ4v) is 1.11. The average Bonchev–Trinajstić information content (AvgIpc) is 2.84. The van der Waals surface area contributed by atoms with E-state index in [-0.39, 0.29) is 6.04 Å². The number of nitrogens with zero attached hydrogens (tertiary/aromatic N) is 2. The lowest BCUT2D eigenvalue weighted by Crippen LogP contribution is -2.09. The predicted molar refractivity (Wildman–Crippen MR) is 46.7 cm³/mol. The Morgan fingerprint density at radius 1 is 1.62 bits per heavy atom. The lowest BCUT2D eigenvalue weighted by atomic mass is 10.2. The molecule has 4 heteroatoms. The van der Waals surface area contributed by atoms with Crippen LogP contribution in [0.4, 0.5) is 0 Å². The van der Waals surface area contributed by atoms with Crippen molar-refractivity contribution >= 4 is 0 Å². The normalized spacial score (nSPS) is 18.2. The van der Waals surface area contributed by atoms with E-state index in [0.717, 1.165) is 12.8 Å².